The van der Waals surface area contributed by atoms with Crippen LogP contribution in [0.15, 0.2) is 53.7 Å². The van der Waals surface area contributed by atoms with Gasteiger partial charge in [-0.3, -0.25) is 9.88 Å². The Morgan fingerprint density at radius 2 is 2.04 bits per heavy atom. The van der Waals surface area contributed by atoms with Gasteiger partial charge in [-0.1, -0.05) is 6.07 Å². The molecule has 1 unspecified atom stereocenters. The van der Waals surface area contributed by atoms with Crippen LogP contribution in [-0.4, -0.2) is 64.4 Å². The van der Waals surface area contributed by atoms with E-state index in [4.69, 9.17) is 0 Å². The van der Waals surface area contributed by atoms with Crippen molar-refractivity contribution in [2.45, 2.75) is 17.5 Å². The van der Waals surface area contributed by atoms with Gasteiger partial charge in [0.15, 0.2) is 15.7 Å². The van der Waals surface area contributed by atoms with E-state index in [9.17, 15) is 8.42 Å². The van der Waals surface area contributed by atoms with Gasteiger partial charge >= 0.3 is 0 Å². The predicted molar refractivity (Wildman–Crippen MR) is 103 cm³/mol. The molecule has 28 heavy (non-hydrogen) atoms. The molecule has 0 spiro atoms. The number of hydrogen-bond acceptors (Lipinski definition) is 8. The lowest BCUT2D eigenvalue weighted by Gasteiger charge is -2.35. The average molecular weight is 399 g/mol. The standard InChI is InChI=1S/C18H21N7O2S/c1-28(26,27)16-6-4-15(5-7-16)25-18(21-22-23-25)13-24-10-9-20-12-17(24)14-3-2-8-19-11-14/h2-8,11,17,20H,9-10,12-13H2,1H3. The topological polar surface area (TPSA) is 106 Å². The molecule has 10 heteroatoms. The zero-order valence-corrected chi connectivity index (χ0v) is 16.2. The van der Waals surface area contributed by atoms with Gasteiger partial charge in [0.1, 0.15) is 0 Å². The minimum atomic E-state index is -3.24. The summed E-state index contributed by atoms with van der Waals surface area (Å²) in [6, 6.07) is 10.8. The Morgan fingerprint density at radius 3 is 2.75 bits per heavy atom. The molecule has 0 saturated carbocycles. The van der Waals surface area contributed by atoms with E-state index in [0.717, 1.165) is 30.9 Å². The summed E-state index contributed by atoms with van der Waals surface area (Å²) in [5.41, 5.74) is 1.87. The molecule has 0 radical (unpaired) electrons. The molecule has 0 bridgehead atoms. The largest absolute Gasteiger partial charge is 0.314 e. The van der Waals surface area contributed by atoms with E-state index in [1.54, 1.807) is 35.1 Å². The van der Waals surface area contributed by atoms with Gasteiger partial charge in [0, 0.05) is 44.3 Å². The van der Waals surface area contributed by atoms with Gasteiger partial charge in [0.2, 0.25) is 0 Å². The molecule has 1 saturated heterocycles. The van der Waals surface area contributed by atoms with Crippen LogP contribution in [0.2, 0.25) is 0 Å². The molecule has 146 valence electrons. The van der Waals surface area contributed by atoms with E-state index in [2.05, 4.69) is 36.8 Å². The number of aromatic nitrogens is 5. The average Bonchev–Trinajstić information content (AvgIpc) is 3.17. The first-order chi connectivity index (χ1) is 13.5. The molecule has 0 amide bonds. The quantitative estimate of drug-likeness (QED) is 0.665. The lowest BCUT2D eigenvalue weighted by atomic mass is 10.1. The monoisotopic (exact) mass is 399 g/mol. The summed E-state index contributed by atoms with van der Waals surface area (Å²) in [6.45, 7) is 3.15. The van der Waals surface area contributed by atoms with Crippen molar-refractivity contribution in [2.75, 3.05) is 25.9 Å². The molecular weight excluding hydrogens is 378 g/mol. The number of nitrogens with zero attached hydrogens (tertiary/aromatic N) is 6. The fraction of sp³-hybridized carbons (Fsp3) is 0.333. The van der Waals surface area contributed by atoms with Crippen LogP contribution in [0.3, 0.4) is 0 Å². The Labute approximate surface area is 163 Å². The summed E-state index contributed by atoms with van der Waals surface area (Å²) in [6.07, 6.45) is 4.84. The number of hydrogen-bond donors (Lipinski definition) is 1. The number of rotatable bonds is 5. The van der Waals surface area contributed by atoms with E-state index in [0.29, 0.717) is 12.4 Å². The first kappa shape index (κ1) is 18.7. The van der Waals surface area contributed by atoms with Gasteiger partial charge in [0.25, 0.3) is 0 Å². The van der Waals surface area contributed by atoms with Gasteiger partial charge in [-0.05, 0) is 46.3 Å². The summed E-state index contributed by atoms with van der Waals surface area (Å²) >= 11 is 0. The van der Waals surface area contributed by atoms with Crippen LogP contribution >= 0.6 is 0 Å². The minimum Gasteiger partial charge on any atom is -0.314 e. The Morgan fingerprint density at radius 1 is 1.21 bits per heavy atom. The van der Waals surface area contributed by atoms with Crippen LogP contribution in [0.25, 0.3) is 5.69 Å². The highest BCUT2D eigenvalue weighted by Crippen LogP contribution is 2.23. The second kappa shape index (κ2) is 7.74. The Kier molecular flexibility index (Phi) is 5.16. The van der Waals surface area contributed by atoms with Crippen LogP contribution in [0.4, 0.5) is 0 Å². The summed E-state index contributed by atoms with van der Waals surface area (Å²) in [7, 11) is -3.24. The van der Waals surface area contributed by atoms with Crippen molar-refractivity contribution in [3.8, 4) is 5.69 Å². The van der Waals surface area contributed by atoms with Crippen molar-refractivity contribution in [3.63, 3.8) is 0 Å². The van der Waals surface area contributed by atoms with E-state index in [1.165, 1.54) is 6.26 Å². The van der Waals surface area contributed by atoms with Crippen molar-refractivity contribution in [2.24, 2.45) is 0 Å². The summed E-state index contributed by atoms with van der Waals surface area (Å²) in [5, 5.41) is 15.5. The summed E-state index contributed by atoms with van der Waals surface area (Å²) in [4.78, 5) is 6.82. The molecule has 3 heterocycles. The lowest BCUT2D eigenvalue weighted by molar-refractivity contribution is 0.148. The normalized spacial score (nSPS) is 18.2. The van der Waals surface area contributed by atoms with Gasteiger partial charge in [-0.25, -0.2) is 8.42 Å². The molecule has 9 nitrogen and oxygen atoms in total. The van der Waals surface area contributed by atoms with Crippen LogP contribution < -0.4 is 5.32 Å². The predicted octanol–water partition coefficient (Wildman–Crippen LogP) is 0.607. The molecule has 1 aliphatic rings. The molecule has 1 aromatic carbocycles. The number of sulfone groups is 1. The first-order valence-corrected chi connectivity index (χ1v) is 10.8. The Bertz CT molecular complexity index is 1040. The number of pyridine rings is 1. The van der Waals surface area contributed by atoms with Crippen LogP contribution in [-0.2, 0) is 16.4 Å². The maximum atomic E-state index is 11.7. The Hall–Kier alpha value is -2.69. The van der Waals surface area contributed by atoms with Crippen molar-refractivity contribution in [3.05, 3.63) is 60.2 Å². The van der Waals surface area contributed by atoms with E-state index in [1.807, 2.05) is 12.3 Å². The third kappa shape index (κ3) is 3.93. The molecule has 2 aromatic heterocycles. The highest BCUT2D eigenvalue weighted by atomic mass is 32.2. The first-order valence-electron chi connectivity index (χ1n) is 8.95. The highest BCUT2D eigenvalue weighted by molar-refractivity contribution is 7.90. The number of benzene rings is 1. The highest BCUT2D eigenvalue weighted by Gasteiger charge is 2.26. The second-order valence-electron chi connectivity index (χ2n) is 6.75. The SMILES string of the molecule is CS(=O)(=O)c1ccc(-n2nnnc2CN2CCNCC2c2cccnc2)cc1. The molecule has 1 N–H and O–H groups in total. The zero-order chi connectivity index (χ0) is 19.6. The van der Waals surface area contributed by atoms with Crippen molar-refractivity contribution in [1.82, 2.24) is 35.4 Å². The van der Waals surface area contributed by atoms with Gasteiger partial charge in [0.05, 0.1) is 17.1 Å². The number of tetrazole rings is 1. The van der Waals surface area contributed by atoms with Gasteiger partial charge in [-0.15, -0.1) is 5.10 Å². The molecular formula is C18H21N7O2S. The van der Waals surface area contributed by atoms with E-state index >= 15 is 0 Å². The van der Waals surface area contributed by atoms with Crippen molar-refractivity contribution >= 4 is 9.84 Å². The van der Waals surface area contributed by atoms with Gasteiger partial charge < -0.3 is 5.32 Å². The molecule has 4 rings (SSSR count). The fourth-order valence-corrected chi connectivity index (χ4v) is 3.99. The smallest absolute Gasteiger partial charge is 0.175 e. The van der Waals surface area contributed by atoms with Crippen molar-refractivity contribution < 1.29 is 8.42 Å². The molecule has 3 aromatic rings. The molecule has 1 aliphatic heterocycles. The van der Waals surface area contributed by atoms with Gasteiger partial charge in [-0.2, -0.15) is 4.68 Å². The van der Waals surface area contributed by atoms with Crippen molar-refractivity contribution in [1.29, 1.82) is 0 Å². The maximum absolute atomic E-state index is 11.7. The Balaban J connectivity index is 1.58. The third-order valence-electron chi connectivity index (χ3n) is 4.81. The zero-order valence-electron chi connectivity index (χ0n) is 15.4. The molecule has 1 atom stereocenters. The number of piperazine rings is 1. The van der Waals surface area contributed by atoms with Crippen LogP contribution in [0, 0.1) is 0 Å². The van der Waals surface area contributed by atoms with E-state index < -0.39 is 9.84 Å². The summed E-state index contributed by atoms with van der Waals surface area (Å²) in [5.74, 6) is 0.697. The number of nitrogens with one attached hydrogen (secondary N) is 1. The van der Waals surface area contributed by atoms with Crippen LogP contribution in [0.1, 0.15) is 17.4 Å². The summed E-state index contributed by atoms with van der Waals surface area (Å²) < 4.78 is 25.0. The minimum absolute atomic E-state index is 0.181. The third-order valence-corrected chi connectivity index (χ3v) is 5.94. The lowest BCUT2D eigenvalue weighted by Crippen LogP contribution is -2.45. The fourth-order valence-electron chi connectivity index (χ4n) is 3.36. The molecule has 0 aliphatic carbocycles. The van der Waals surface area contributed by atoms with Crippen LogP contribution in [0.5, 0.6) is 0 Å². The molecule has 1 fully saturated rings. The maximum Gasteiger partial charge on any atom is 0.175 e. The van der Waals surface area contributed by atoms with E-state index in [-0.39, 0.29) is 10.9 Å². The second-order valence-corrected chi connectivity index (χ2v) is 8.77.